The summed E-state index contributed by atoms with van der Waals surface area (Å²) in [5, 5.41) is 9.43. The topological polar surface area (TPSA) is 71.2 Å². The van der Waals surface area contributed by atoms with E-state index in [9.17, 15) is 9.90 Å². The molecular formula is C18H18N4O2S. The largest absolute Gasteiger partial charge is 0.508 e. The van der Waals surface area contributed by atoms with Gasteiger partial charge in [0.2, 0.25) is 0 Å². The number of anilines is 1. The van der Waals surface area contributed by atoms with Gasteiger partial charge in [0.05, 0.1) is 28.2 Å². The second-order valence-electron chi connectivity index (χ2n) is 5.61. The van der Waals surface area contributed by atoms with Gasteiger partial charge in [-0.1, -0.05) is 0 Å². The predicted octanol–water partition coefficient (Wildman–Crippen LogP) is 2.79. The van der Waals surface area contributed by atoms with Crippen molar-refractivity contribution in [1.29, 1.82) is 0 Å². The molecular weight excluding hydrogens is 336 g/mol. The summed E-state index contributed by atoms with van der Waals surface area (Å²) in [4.78, 5) is 24.2. The van der Waals surface area contributed by atoms with Crippen LogP contribution in [0.4, 0.5) is 5.69 Å². The molecule has 0 fully saturated rings. The highest BCUT2D eigenvalue weighted by Crippen LogP contribution is 2.32. The lowest BCUT2D eigenvalue weighted by atomic mass is 10.1. The van der Waals surface area contributed by atoms with E-state index in [2.05, 4.69) is 9.97 Å². The number of thioether (sulfide) groups is 1. The van der Waals surface area contributed by atoms with Gasteiger partial charge in [0, 0.05) is 25.9 Å². The molecule has 0 radical (unpaired) electrons. The Morgan fingerprint density at radius 2 is 1.88 bits per heavy atom. The summed E-state index contributed by atoms with van der Waals surface area (Å²) in [5.41, 5.74) is 2.90. The van der Waals surface area contributed by atoms with Crippen molar-refractivity contribution in [3.63, 3.8) is 0 Å². The average molecular weight is 354 g/mol. The molecule has 0 unspecified atom stereocenters. The van der Waals surface area contributed by atoms with Gasteiger partial charge in [-0.15, -0.1) is 11.8 Å². The van der Waals surface area contributed by atoms with Gasteiger partial charge in [-0.25, -0.2) is 4.98 Å². The van der Waals surface area contributed by atoms with E-state index in [0.29, 0.717) is 16.3 Å². The van der Waals surface area contributed by atoms with Gasteiger partial charge >= 0.3 is 0 Å². The number of nitrogens with zero attached hydrogens (tertiary/aromatic N) is 4. The first-order chi connectivity index (χ1) is 12.0. The van der Waals surface area contributed by atoms with Crippen molar-refractivity contribution in [2.45, 2.75) is 4.90 Å². The smallest absolute Gasteiger partial charge is 0.272 e. The lowest BCUT2D eigenvalue weighted by Gasteiger charge is -2.18. The normalized spacial score (nSPS) is 10.7. The highest BCUT2D eigenvalue weighted by Gasteiger charge is 2.17. The molecule has 25 heavy (non-hydrogen) atoms. The molecule has 0 aliphatic heterocycles. The zero-order chi connectivity index (χ0) is 18.0. The van der Waals surface area contributed by atoms with Crippen molar-refractivity contribution < 1.29 is 5.11 Å². The zero-order valence-electron chi connectivity index (χ0n) is 14.2. The van der Waals surface area contributed by atoms with E-state index >= 15 is 0 Å². The van der Waals surface area contributed by atoms with Crippen LogP contribution in [-0.4, -0.2) is 40.0 Å². The third-order valence-electron chi connectivity index (χ3n) is 3.80. The third-order valence-corrected chi connectivity index (χ3v) is 4.58. The molecule has 0 bridgehead atoms. The SMILES string of the molecule is CSc1c(-c2ccncc2N(C)C)ncn(-c2ccc(O)cc2)c1=O. The number of rotatable bonds is 4. The molecule has 0 aliphatic rings. The third kappa shape index (κ3) is 3.23. The number of hydrogen-bond donors (Lipinski definition) is 1. The molecule has 0 saturated heterocycles. The number of phenols is 1. The summed E-state index contributed by atoms with van der Waals surface area (Å²) in [6.07, 6.45) is 6.83. The van der Waals surface area contributed by atoms with Crippen LogP contribution in [0.5, 0.6) is 5.75 Å². The van der Waals surface area contributed by atoms with Crippen molar-refractivity contribution >= 4 is 17.4 Å². The summed E-state index contributed by atoms with van der Waals surface area (Å²) in [5.74, 6) is 0.152. The number of phenolic OH excluding ortho intramolecular Hbond substituents is 1. The number of aromatic nitrogens is 3. The summed E-state index contributed by atoms with van der Waals surface area (Å²) in [6.45, 7) is 0. The van der Waals surface area contributed by atoms with Crippen LogP contribution in [0.25, 0.3) is 16.9 Å². The van der Waals surface area contributed by atoms with Gasteiger partial charge in [-0.3, -0.25) is 14.3 Å². The van der Waals surface area contributed by atoms with Crippen molar-refractivity contribution in [2.75, 3.05) is 25.3 Å². The highest BCUT2D eigenvalue weighted by atomic mass is 32.2. The average Bonchev–Trinajstić information content (AvgIpc) is 2.62. The fourth-order valence-corrected chi connectivity index (χ4v) is 3.18. The summed E-state index contributed by atoms with van der Waals surface area (Å²) in [7, 11) is 3.86. The van der Waals surface area contributed by atoms with Crippen molar-refractivity contribution in [1.82, 2.24) is 14.5 Å². The number of aromatic hydroxyl groups is 1. The molecule has 0 atom stereocenters. The van der Waals surface area contributed by atoms with Crippen molar-refractivity contribution in [3.05, 3.63) is 59.4 Å². The second-order valence-corrected chi connectivity index (χ2v) is 6.42. The maximum absolute atomic E-state index is 13.0. The van der Waals surface area contributed by atoms with E-state index in [1.54, 1.807) is 36.7 Å². The minimum atomic E-state index is -0.148. The van der Waals surface area contributed by atoms with Gasteiger partial charge in [0.25, 0.3) is 5.56 Å². The summed E-state index contributed by atoms with van der Waals surface area (Å²) < 4.78 is 1.48. The van der Waals surface area contributed by atoms with E-state index < -0.39 is 0 Å². The molecule has 0 spiro atoms. The number of pyridine rings is 1. The zero-order valence-corrected chi connectivity index (χ0v) is 15.0. The minimum absolute atomic E-state index is 0.148. The van der Waals surface area contributed by atoms with Crippen LogP contribution < -0.4 is 10.5 Å². The lowest BCUT2D eigenvalue weighted by Crippen LogP contribution is -2.21. The molecule has 2 aromatic heterocycles. The monoisotopic (exact) mass is 354 g/mol. The first-order valence-electron chi connectivity index (χ1n) is 7.59. The van der Waals surface area contributed by atoms with E-state index in [0.717, 1.165) is 11.3 Å². The summed E-state index contributed by atoms with van der Waals surface area (Å²) >= 11 is 1.37. The standard InChI is InChI=1S/C18H18N4O2S/c1-21(2)15-10-19-9-8-14(15)16-17(25-3)18(24)22(11-20-16)12-4-6-13(23)7-5-12/h4-11,23H,1-3H3. The maximum Gasteiger partial charge on any atom is 0.272 e. The Morgan fingerprint density at radius 3 is 2.52 bits per heavy atom. The summed E-state index contributed by atoms with van der Waals surface area (Å²) in [6, 6.07) is 8.31. The van der Waals surface area contributed by atoms with E-state index in [1.165, 1.54) is 22.7 Å². The quantitative estimate of drug-likeness (QED) is 0.727. The van der Waals surface area contributed by atoms with Gasteiger partial charge in [0.15, 0.2) is 0 Å². The van der Waals surface area contributed by atoms with Crippen molar-refractivity contribution in [3.8, 4) is 22.7 Å². The molecule has 128 valence electrons. The predicted molar refractivity (Wildman–Crippen MR) is 101 cm³/mol. The minimum Gasteiger partial charge on any atom is -0.508 e. The fourth-order valence-electron chi connectivity index (χ4n) is 2.55. The maximum atomic E-state index is 13.0. The molecule has 0 amide bonds. The van der Waals surface area contributed by atoms with Crippen LogP contribution >= 0.6 is 11.8 Å². The molecule has 1 aromatic carbocycles. The first-order valence-corrected chi connectivity index (χ1v) is 8.82. The van der Waals surface area contributed by atoms with Crippen LogP contribution in [0.2, 0.25) is 0 Å². The highest BCUT2D eigenvalue weighted by molar-refractivity contribution is 7.98. The van der Waals surface area contributed by atoms with Crippen LogP contribution in [0.15, 0.2) is 58.7 Å². The van der Waals surface area contributed by atoms with E-state index in [1.807, 2.05) is 31.3 Å². The molecule has 3 aromatic rings. The Balaban J connectivity index is 2.20. The Morgan fingerprint density at radius 1 is 1.16 bits per heavy atom. The van der Waals surface area contributed by atoms with Crippen LogP contribution in [0, 0.1) is 0 Å². The number of hydrogen-bond acceptors (Lipinski definition) is 6. The van der Waals surface area contributed by atoms with Gasteiger partial charge in [0.1, 0.15) is 12.1 Å². The first kappa shape index (κ1) is 17.0. The fraction of sp³-hybridized carbons (Fsp3) is 0.167. The molecule has 3 rings (SSSR count). The van der Waals surface area contributed by atoms with Crippen molar-refractivity contribution in [2.24, 2.45) is 0 Å². The van der Waals surface area contributed by atoms with Gasteiger partial charge in [-0.05, 0) is 36.6 Å². The molecule has 0 saturated carbocycles. The van der Waals surface area contributed by atoms with Crippen LogP contribution in [-0.2, 0) is 0 Å². The van der Waals surface area contributed by atoms with E-state index in [-0.39, 0.29) is 11.3 Å². The second kappa shape index (κ2) is 6.98. The van der Waals surface area contributed by atoms with Gasteiger partial charge < -0.3 is 10.0 Å². The molecule has 6 nitrogen and oxygen atoms in total. The van der Waals surface area contributed by atoms with E-state index in [4.69, 9.17) is 0 Å². The molecule has 0 aliphatic carbocycles. The molecule has 2 heterocycles. The Hall–Kier alpha value is -2.80. The Kier molecular flexibility index (Phi) is 4.76. The molecule has 1 N–H and O–H groups in total. The Bertz CT molecular complexity index is 952. The lowest BCUT2D eigenvalue weighted by molar-refractivity contribution is 0.475. The van der Waals surface area contributed by atoms with Crippen LogP contribution in [0.1, 0.15) is 0 Å². The van der Waals surface area contributed by atoms with Crippen LogP contribution in [0.3, 0.4) is 0 Å². The molecule has 7 heteroatoms. The number of benzene rings is 1. The van der Waals surface area contributed by atoms with Gasteiger partial charge in [-0.2, -0.15) is 0 Å². The Labute approximate surface area is 149 Å².